The smallest absolute Gasteiger partial charge is 0.129 e. The zero-order chi connectivity index (χ0) is 16.8. The van der Waals surface area contributed by atoms with Gasteiger partial charge >= 0.3 is 0 Å². The molecule has 0 aliphatic heterocycles. The van der Waals surface area contributed by atoms with Crippen molar-refractivity contribution in [3.63, 3.8) is 0 Å². The van der Waals surface area contributed by atoms with E-state index < -0.39 is 0 Å². The minimum Gasteiger partial charge on any atom is -0.236 e. The lowest BCUT2D eigenvalue weighted by Gasteiger charge is -2.11. The summed E-state index contributed by atoms with van der Waals surface area (Å²) in [6.45, 7) is 0. The molecule has 4 aromatic carbocycles. The number of nitrogens with zero attached hydrogens (tertiary/aromatic N) is 1. The maximum absolute atomic E-state index is 6.08. The summed E-state index contributed by atoms with van der Waals surface area (Å²) in [6, 6.07) is 29.6. The molecule has 0 N–H and O–H groups in total. The highest BCUT2D eigenvalue weighted by Crippen LogP contribution is 2.35. The third-order valence-electron chi connectivity index (χ3n) is 4.74. The highest BCUT2D eigenvalue weighted by atomic mass is 35.5. The van der Waals surface area contributed by atoms with Gasteiger partial charge in [-0.05, 0) is 50.9 Å². The Kier molecular flexibility index (Phi) is 3.22. The Balaban J connectivity index is 1.87. The standard InChI is InChI=1S/C23H14ClN/c24-22-13-12-16-9-11-18(14-21(16)25-22)20-7-3-5-17-10-8-15-4-1-2-6-19(15)23(17)20/h1-14H. The molecule has 1 heterocycles. The van der Waals surface area contributed by atoms with Crippen LogP contribution in [0.3, 0.4) is 0 Å². The molecule has 1 aromatic heterocycles. The molecule has 2 heteroatoms. The van der Waals surface area contributed by atoms with E-state index in [1.165, 1.54) is 27.1 Å². The van der Waals surface area contributed by atoms with Crippen molar-refractivity contribution in [2.45, 2.75) is 0 Å². The predicted octanol–water partition coefficient (Wildman–Crippen LogP) is 6.86. The second kappa shape index (κ2) is 5.58. The molecule has 0 radical (unpaired) electrons. The summed E-state index contributed by atoms with van der Waals surface area (Å²) in [5.41, 5.74) is 3.30. The normalized spacial score (nSPS) is 11.4. The average Bonchev–Trinajstić information content (AvgIpc) is 2.66. The van der Waals surface area contributed by atoms with Crippen LogP contribution in [0.5, 0.6) is 0 Å². The van der Waals surface area contributed by atoms with Gasteiger partial charge in [-0.15, -0.1) is 0 Å². The van der Waals surface area contributed by atoms with Gasteiger partial charge in [-0.3, -0.25) is 0 Å². The Morgan fingerprint density at radius 2 is 1.40 bits per heavy atom. The van der Waals surface area contributed by atoms with Crippen molar-refractivity contribution in [1.82, 2.24) is 4.98 Å². The maximum atomic E-state index is 6.08. The van der Waals surface area contributed by atoms with Crippen molar-refractivity contribution >= 4 is 44.0 Å². The number of aromatic nitrogens is 1. The van der Waals surface area contributed by atoms with Gasteiger partial charge in [0.2, 0.25) is 0 Å². The van der Waals surface area contributed by atoms with Gasteiger partial charge in [-0.25, -0.2) is 4.98 Å². The van der Waals surface area contributed by atoms with Crippen LogP contribution in [0.2, 0.25) is 5.15 Å². The molecule has 0 aliphatic carbocycles. The lowest BCUT2D eigenvalue weighted by Crippen LogP contribution is -1.86. The van der Waals surface area contributed by atoms with Gasteiger partial charge in [0.15, 0.2) is 0 Å². The number of hydrogen-bond acceptors (Lipinski definition) is 1. The second-order valence-electron chi connectivity index (χ2n) is 6.23. The van der Waals surface area contributed by atoms with Crippen LogP contribution in [0.1, 0.15) is 0 Å². The van der Waals surface area contributed by atoms with Crippen LogP contribution in [0, 0.1) is 0 Å². The Hall–Kier alpha value is -2.90. The molecule has 0 aliphatic rings. The van der Waals surface area contributed by atoms with Crippen LogP contribution in [0.4, 0.5) is 0 Å². The van der Waals surface area contributed by atoms with Crippen molar-refractivity contribution in [2.24, 2.45) is 0 Å². The molecular formula is C23H14ClN. The largest absolute Gasteiger partial charge is 0.236 e. The molecule has 5 aromatic rings. The number of hydrogen-bond donors (Lipinski definition) is 0. The van der Waals surface area contributed by atoms with Crippen molar-refractivity contribution < 1.29 is 0 Å². The topological polar surface area (TPSA) is 12.9 Å². The molecule has 0 amide bonds. The van der Waals surface area contributed by atoms with Crippen LogP contribution < -0.4 is 0 Å². The summed E-state index contributed by atoms with van der Waals surface area (Å²) in [5.74, 6) is 0. The van der Waals surface area contributed by atoms with Crippen LogP contribution in [-0.4, -0.2) is 4.98 Å². The van der Waals surface area contributed by atoms with Crippen LogP contribution in [-0.2, 0) is 0 Å². The quantitative estimate of drug-likeness (QED) is 0.240. The SMILES string of the molecule is Clc1ccc2ccc(-c3cccc4ccc5ccccc5c34)cc2n1. The molecule has 0 unspecified atom stereocenters. The van der Waals surface area contributed by atoms with Crippen LogP contribution in [0.25, 0.3) is 43.6 Å². The monoisotopic (exact) mass is 339 g/mol. The van der Waals surface area contributed by atoms with E-state index in [0.717, 1.165) is 16.5 Å². The van der Waals surface area contributed by atoms with Gasteiger partial charge in [0.25, 0.3) is 0 Å². The first-order valence-electron chi connectivity index (χ1n) is 8.27. The highest BCUT2D eigenvalue weighted by molar-refractivity contribution is 6.29. The Labute approximate surface area is 150 Å². The van der Waals surface area contributed by atoms with Gasteiger partial charge in [0, 0.05) is 5.39 Å². The molecule has 0 saturated carbocycles. The van der Waals surface area contributed by atoms with Gasteiger partial charge < -0.3 is 0 Å². The van der Waals surface area contributed by atoms with E-state index in [0.29, 0.717) is 5.15 Å². The van der Waals surface area contributed by atoms with Crippen molar-refractivity contribution in [3.8, 4) is 11.1 Å². The van der Waals surface area contributed by atoms with Gasteiger partial charge in [0.05, 0.1) is 5.52 Å². The summed E-state index contributed by atoms with van der Waals surface area (Å²) in [6.07, 6.45) is 0. The molecule has 0 bridgehead atoms. The predicted molar refractivity (Wildman–Crippen MR) is 107 cm³/mol. The first kappa shape index (κ1) is 14.4. The first-order chi connectivity index (χ1) is 12.3. The minimum atomic E-state index is 0.521. The van der Waals surface area contributed by atoms with Gasteiger partial charge in [0.1, 0.15) is 5.15 Å². The molecule has 0 saturated heterocycles. The fourth-order valence-corrected chi connectivity index (χ4v) is 3.71. The fourth-order valence-electron chi connectivity index (χ4n) is 3.56. The molecule has 1 nitrogen and oxygen atoms in total. The van der Waals surface area contributed by atoms with E-state index in [9.17, 15) is 0 Å². The number of rotatable bonds is 1. The zero-order valence-electron chi connectivity index (χ0n) is 13.4. The fraction of sp³-hybridized carbons (Fsp3) is 0. The summed E-state index contributed by atoms with van der Waals surface area (Å²) >= 11 is 6.08. The summed E-state index contributed by atoms with van der Waals surface area (Å²) in [7, 11) is 0. The second-order valence-corrected chi connectivity index (χ2v) is 6.62. The summed E-state index contributed by atoms with van der Waals surface area (Å²) in [4.78, 5) is 4.47. The van der Waals surface area contributed by atoms with Crippen molar-refractivity contribution in [3.05, 3.63) is 90.1 Å². The van der Waals surface area contributed by atoms with E-state index in [-0.39, 0.29) is 0 Å². The summed E-state index contributed by atoms with van der Waals surface area (Å²) < 4.78 is 0. The van der Waals surface area contributed by atoms with Crippen LogP contribution in [0.15, 0.2) is 84.9 Å². The minimum absolute atomic E-state index is 0.521. The lowest BCUT2D eigenvalue weighted by atomic mass is 9.93. The molecule has 25 heavy (non-hydrogen) atoms. The zero-order valence-corrected chi connectivity index (χ0v) is 14.2. The van der Waals surface area contributed by atoms with E-state index in [2.05, 4.69) is 77.8 Å². The van der Waals surface area contributed by atoms with Crippen LogP contribution >= 0.6 is 11.6 Å². The molecular weight excluding hydrogens is 326 g/mol. The Bertz CT molecular complexity index is 1260. The molecule has 5 rings (SSSR count). The van der Waals surface area contributed by atoms with Crippen molar-refractivity contribution in [1.29, 1.82) is 0 Å². The molecule has 118 valence electrons. The first-order valence-corrected chi connectivity index (χ1v) is 8.64. The number of halogens is 1. The van der Waals surface area contributed by atoms with E-state index >= 15 is 0 Å². The average molecular weight is 340 g/mol. The number of pyridine rings is 1. The Morgan fingerprint density at radius 1 is 0.640 bits per heavy atom. The Morgan fingerprint density at radius 3 is 2.36 bits per heavy atom. The molecule has 0 spiro atoms. The van der Waals surface area contributed by atoms with Crippen molar-refractivity contribution in [2.75, 3.05) is 0 Å². The molecule has 0 fully saturated rings. The van der Waals surface area contributed by atoms with Gasteiger partial charge in [-0.2, -0.15) is 0 Å². The third kappa shape index (κ3) is 2.36. The number of benzene rings is 4. The highest BCUT2D eigenvalue weighted by Gasteiger charge is 2.08. The maximum Gasteiger partial charge on any atom is 0.129 e. The van der Waals surface area contributed by atoms with E-state index in [1.54, 1.807) is 0 Å². The van der Waals surface area contributed by atoms with E-state index in [1.807, 2.05) is 12.1 Å². The van der Waals surface area contributed by atoms with Gasteiger partial charge in [-0.1, -0.05) is 78.3 Å². The van der Waals surface area contributed by atoms with E-state index in [4.69, 9.17) is 11.6 Å². The number of fused-ring (bicyclic) bond motifs is 4. The summed E-state index contributed by atoms with van der Waals surface area (Å²) in [5, 5.41) is 6.67. The molecule has 0 atom stereocenters. The third-order valence-corrected chi connectivity index (χ3v) is 4.95. The lowest BCUT2D eigenvalue weighted by molar-refractivity contribution is 1.41.